The summed E-state index contributed by atoms with van der Waals surface area (Å²) in [6.45, 7) is 5.06. The van der Waals surface area contributed by atoms with Gasteiger partial charge in [0.1, 0.15) is 0 Å². The van der Waals surface area contributed by atoms with Crippen molar-refractivity contribution in [3.8, 4) is 0 Å². The fourth-order valence-electron chi connectivity index (χ4n) is 3.01. The van der Waals surface area contributed by atoms with Crippen LogP contribution < -0.4 is 5.32 Å². The van der Waals surface area contributed by atoms with Crippen LogP contribution in [-0.2, 0) is 14.3 Å². The van der Waals surface area contributed by atoms with E-state index in [0.29, 0.717) is 19.8 Å². The molecular formula is C15H28N2O3. The van der Waals surface area contributed by atoms with Crippen LogP contribution in [0.15, 0.2) is 0 Å². The Bertz CT molecular complexity index is 306. The van der Waals surface area contributed by atoms with Gasteiger partial charge in [0.2, 0.25) is 5.91 Å². The summed E-state index contributed by atoms with van der Waals surface area (Å²) in [5.74, 6) is -0.197. The predicted molar refractivity (Wildman–Crippen MR) is 77.4 cm³/mol. The molecule has 5 nitrogen and oxygen atoms in total. The molecule has 1 aliphatic heterocycles. The molecule has 1 spiro atoms. The number of nitrogens with one attached hydrogen (secondary N) is 1. The highest BCUT2D eigenvalue weighted by molar-refractivity contribution is 5.78. The Hall–Kier alpha value is -0.650. The highest BCUT2D eigenvalue weighted by Crippen LogP contribution is 2.35. The van der Waals surface area contributed by atoms with E-state index in [1.807, 2.05) is 7.05 Å². The first-order chi connectivity index (χ1) is 9.63. The van der Waals surface area contributed by atoms with E-state index in [0.717, 1.165) is 45.1 Å². The third-order valence-electron chi connectivity index (χ3n) is 4.23. The molecule has 0 aromatic rings. The van der Waals surface area contributed by atoms with Gasteiger partial charge in [0.05, 0.1) is 19.8 Å². The molecule has 0 atom stereocenters. The van der Waals surface area contributed by atoms with Crippen LogP contribution in [0.4, 0.5) is 0 Å². The van der Waals surface area contributed by atoms with Gasteiger partial charge in [-0.25, -0.2) is 0 Å². The van der Waals surface area contributed by atoms with Gasteiger partial charge in [0.15, 0.2) is 5.79 Å². The zero-order valence-corrected chi connectivity index (χ0v) is 12.8. The van der Waals surface area contributed by atoms with Crippen molar-refractivity contribution in [2.45, 2.75) is 57.3 Å². The maximum absolute atomic E-state index is 12.0. The summed E-state index contributed by atoms with van der Waals surface area (Å²) in [5.41, 5.74) is 0. The van der Waals surface area contributed by atoms with Crippen molar-refractivity contribution in [3.05, 3.63) is 0 Å². The minimum atomic E-state index is -0.334. The number of amides is 1. The second-order valence-corrected chi connectivity index (χ2v) is 6.04. The molecule has 20 heavy (non-hydrogen) atoms. The largest absolute Gasteiger partial charge is 0.352 e. The van der Waals surface area contributed by atoms with Crippen LogP contribution in [-0.4, -0.2) is 56.0 Å². The zero-order valence-electron chi connectivity index (χ0n) is 12.8. The Morgan fingerprint density at radius 1 is 1.30 bits per heavy atom. The van der Waals surface area contributed by atoms with Gasteiger partial charge in [0, 0.05) is 18.9 Å². The molecule has 0 bridgehead atoms. The zero-order chi connectivity index (χ0) is 14.4. The average Bonchev–Trinajstić information content (AvgIpc) is 2.88. The normalized spacial score (nSPS) is 22.6. The van der Waals surface area contributed by atoms with Crippen molar-refractivity contribution in [2.24, 2.45) is 0 Å². The van der Waals surface area contributed by atoms with Gasteiger partial charge in [0.25, 0.3) is 0 Å². The van der Waals surface area contributed by atoms with Gasteiger partial charge in [-0.3, -0.25) is 9.69 Å². The lowest BCUT2D eigenvalue weighted by Gasteiger charge is -2.35. The van der Waals surface area contributed by atoms with E-state index in [1.54, 1.807) is 0 Å². The van der Waals surface area contributed by atoms with E-state index >= 15 is 0 Å². The minimum absolute atomic E-state index is 0.137. The SMILES string of the molecule is CCCCN(C)CC(=O)NC1CCC2(CC1)OCCO2. The lowest BCUT2D eigenvalue weighted by Crippen LogP contribution is -2.46. The monoisotopic (exact) mass is 284 g/mol. The summed E-state index contributed by atoms with van der Waals surface area (Å²) >= 11 is 0. The second-order valence-electron chi connectivity index (χ2n) is 6.04. The van der Waals surface area contributed by atoms with Crippen LogP contribution in [0.5, 0.6) is 0 Å². The third-order valence-corrected chi connectivity index (χ3v) is 4.23. The van der Waals surface area contributed by atoms with Gasteiger partial charge >= 0.3 is 0 Å². The Morgan fingerprint density at radius 3 is 2.55 bits per heavy atom. The smallest absolute Gasteiger partial charge is 0.234 e. The number of rotatable bonds is 6. The predicted octanol–water partition coefficient (Wildman–Crippen LogP) is 1.52. The third kappa shape index (κ3) is 4.43. The Morgan fingerprint density at radius 2 is 1.95 bits per heavy atom. The quantitative estimate of drug-likeness (QED) is 0.803. The lowest BCUT2D eigenvalue weighted by molar-refractivity contribution is -0.180. The average molecular weight is 284 g/mol. The van der Waals surface area contributed by atoms with Crippen LogP contribution in [0.2, 0.25) is 0 Å². The van der Waals surface area contributed by atoms with E-state index in [1.165, 1.54) is 0 Å². The van der Waals surface area contributed by atoms with Crippen LogP contribution in [0.3, 0.4) is 0 Å². The molecule has 2 aliphatic rings. The lowest BCUT2D eigenvalue weighted by atomic mass is 9.90. The van der Waals surface area contributed by atoms with Crippen molar-refractivity contribution in [1.82, 2.24) is 10.2 Å². The summed E-state index contributed by atoms with van der Waals surface area (Å²) in [7, 11) is 2.01. The molecule has 0 aromatic heterocycles. The number of carbonyl (C=O) groups excluding carboxylic acids is 1. The van der Waals surface area contributed by atoms with E-state index in [4.69, 9.17) is 9.47 Å². The first kappa shape index (κ1) is 15.7. The molecule has 0 radical (unpaired) electrons. The van der Waals surface area contributed by atoms with E-state index in [2.05, 4.69) is 17.1 Å². The molecule has 1 saturated heterocycles. The van der Waals surface area contributed by atoms with Gasteiger partial charge in [-0.05, 0) is 32.9 Å². The maximum atomic E-state index is 12.0. The van der Waals surface area contributed by atoms with Crippen LogP contribution in [0.1, 0.15) is 45.4 Å². The van der Waals surface area contributed by atoms with E-state index in [-0.39, 0.29) is 17.7 Å². The molecule has 1 saturated carbocycles. The number of hydrogen-bond donors (Lipinski definition) is 1. The molecule has 1 aliphatic carbocycles. The second kappa shape index (κ2) is 7.38. The van der Waals surface area contributed by atoms with Crippen LogP contribution >= 0.6 is 0 Å². The van der Waals surface area contributed by atoms with Crippen molar-refractivity contribution < 1.29 is 14.3 Å². The Labute approximate surface area is 122 Å². The number of nitrogens with zero attached hydrogens (tertiary/aromatic N) is 1. The number of hydrogen-bond acceptors (Lipinski definition) is 4. The molecule has 1 heterocycles. The molecule has 2 fully saturated rings. The summed E-state index contributed by atoms with van der Waals surface area (Å²) in [4.78, 5) is 14.1. The number of carbonyl (C=O) groups is 1. The highest BCUT2D eigenvalue weighted by Gasteiger charge is 2.40. The van der Waals surface area contributed by atoms with Crippen LogP contribution in [0, 0.1) is 0 Å². The standard InChI is InChI=1S/C15H28N2O3/c1-3-4-9-17(2)12-14(18)16-13-5-7-15(8-6-13)19-10-11-20-15/h13H,3-12H2,1-2H3,(H,16,18). The number of unbranched alkanes of at least 4 members (excludes halogenated alkanes) is 1. The van der Waals surface area contributed by atoms with E-state index in [9.17, 15) is 4.79 Å². The van der Waals surface area contributed by atoms with Gasteiger partial charge in [-0.15, -0.1) is 0 Å². The topological polar surface area (TPSA) is 50.8 Å². The first-order valence-corrected chi connectivity index (χ1v) is 7.89. The fraction of sp³-hybridized carbons (Fsp3) is 0.933. The number of ether oxygens (including phenoxy) is 2. The highest BCUT2D eigenvalue weighted by atomic mass is 16.7. The van der Waals surface area contributed by atoms with E-state index < -0.39 is 0 Å². The summed E-state index contributed by atoms with van der Waals surface area (Å²) in [5, 5.41) is 3.14. The molecule has 0 unspecified atom stereocenters. The number of likely N-dealkylation sites (N-methyl/N-ethyl adjacent to an activating group) is 1. The maximum Gasteiger partial charge on any atom is 0.234 e. The van der Waals surface area contributed by atoms with Gasteiger partial charge in [-0.2, -0.15) is 0 Å². The molecular weight excluding hydrogens is 256 g/mol. The summed E-state index contributed by atoms with van der Waals surface area (Å²) in [6, 6.07) is 0.278. The van der Waals surface area contributed by atoms with Crippen molar-refractivity contribution in [1.29, 1.82) is 0 Å². The first-order valence-electron chi connectivity index (χ1n) is 7.89. The Balaban J connectivity index is 1.65. The molecule has 1 N–H and O–H groups in total. The molecule has 5 heteroatoms. The Kier molecular flexibility index (Phi) is 5.81. The van der Waals surface area contributed by atoms with Crippen molar-refractivity contribution in [3.63, 3.8) is 0 Å². The van der Waals surface area contributed by atoms with Crippen molar-refractivity contribution >= 4 is 5.91 Å². The van der Waals surface area contributed by atoms with Crippen molar-refractivity contribution in [2.75, 3.05) is 33.4 Å². The van der Waals surface area contributed by atoms with Gasteiger partial charge in [-0.1, -0.05) is 13.3 Å². The summed E-state index contributed by atoms with van der Waals surface area (Å²) < 4.78 is 11.4. The fourth-order valence-corrected chi connectivity index (χ4v) is 3.01. The molecule has 0 aromatic carbocycles. The molecule has 2 rings (SSSR count). The molecule has 1 amide bonds. The van der Waals surface area contributed by atoms with Crippen LogP contribution in [0.25, 0.3) is 0 Å². The van der Waals surface area contributed by atoms with Gasteiger partial charge < -0.3 is 14.8 Å². The summed E-state index contributed by atoms with van der Waals surface area (Å²) in [6.07, 6.45) is 5.99. The molecule has 116 valence electrons. The minimum Gasteiger partial charge on any atom is -0.352 e.